The minimum Gasteiger partial charge on any atom is -0.341 e. The first-order valence-electron chi connectivity index (χ1n) is 7.96. The van der Waals surface area contributed by atoms with E-state index in [9.17, 15) is 4.79 Å². The lowest BCUT2D eigenvalue weighted by molar-refractivity contribution is -0.135. The van der Waals surface area contributed by atoms with Gasteiger partial charge in [-0.25, -0.2) is 0 Å². The molecule has 0 spiro atoms. The first-order valence-corrected chi connectivity index (χ1v) is 7.96. The van der Waals surface area contributed by atoms with Crippen molar-refractivity contribution in [3.63, 3.8) is 0 Å². The zero-order chi connectivity index (χ0) is 15.3. The van der Waals surface area contributed by atoms with Crippen molar-refractivity contribution in [1.29, 1.82) is 0 Å². The molecule has 118 valence electrons. The summed E-state index contributed by atoms with van der Waals surface area (Å²) in [7, 11) is 0. The highest BCUT2D eigenvalue weighted by molar-refractivity contribution is 5.78. The van der Waals surface area contributed by atoms with E-state index in [-0.39, 0.29) is 11.4 Å². The van der Waals surface area contributed by atoms with E-state index in [4.69, 9.17) is 0 Å². The maximum atomic E-state index is 12.6. The van der Waals surface area contributed by atoms with Gasteiger partial charge < -0.3 is 10.2 Å². The predicted octanol–water partition coefficient (Wildman–Crippen LogP) is 1.81. The summed E-state index contributed by atoms with van der Waals surface area (Å²) in [5.41, 5.74) is 0.0647. The number of nitrogens with one attached hydrogen (secondary N) is 1. The number of piperazine rings is 1. The molecule has 0 saturated carbocycles. The second-order valence-corrected chi connectivity index (χ2v) is 7.50. The van der Waals surface area contributed by atoms with Gasteiger partial charge in [0.2, 0.25) is 5.91 Å². The fourth-order valence-corrected chi connectivity index (χ4v) is 2.74. The van der Waals surface area contributed by atoms with Gasteiger partial charge in [-0.05, 0) is 25.7 Å². The van der Waals surface area contributed by atoms with Gasteiger partial charge in [0.05, 0.1) is 6.54 Å². The van der Waals surface area contributed by atoms with Gasteiger partial charge in [-0.15, -0.1) is 0 Å². The van der Waals surface area contributed by atoms with Crippen LogP contribution in [0.1, 0.15) is 41.5 Å². The summed E-state index contributed by atoms with van der Waals surface area (Å²) in [4.78, 5) is 17.0. The number of hydrogen-bond acceptors (Lipinski definition) is 3. The first kappa shape index (κ1) is 17.4. The number of carbonyl (C=O) groups excluding carboxylic acids is 1. The molecule has 0 atom stereocenters. The van der Waals surface area contributed by atoms with Crippen molar-refractivity contribution in [2.24, 2.45) is 11.8 Å². The second-order valence-electron chi connectivity index (χ2n) is 7.50. The molecule has 1 heterocycles. The number of amides is 1. The summed E-state index contributed by atoms with van der Waals surface area (Å²) in [6.45, 7) is 18.3. The molecule has 1 rings (SSSR count). The van der Waals surface area contributed by atoms with Crippen molar-refractivity contribution >= 4 is 5.91 Å². The van der Waals surface area contributed by atoms with Gasteiger partial charge in [0.15, 0.2) is 0 Å². The van der Waals surface area contributed by atoms with Crippen LogP contribution in [0.25, 0.3) is 0 Å². The van der Waals surface area contributed by atoms with E-state index in [0.29, 0.717) is 18.4 Å². The molecule has 0 bridgehead atoms. The lowest BCUT2D eigenvalue weighted by atomic mass is 10.00. The summed E-state index contributed by atoms with van der Waals surface area (Å²) >= 11 is 0. The summed E-state index contributed by atoms with van der Waals surface area (Å²) < 4.78 is 0. The Morgan fingerprint density at radius 1 is 1.20 bits per heavy atom. The van der Waals surface area contributed by atoms with Gasteiger partial charge >= 0.3 is 0 Å². The molecule has 0 unspecified atom stereocenters. The Hall–Kier alpha value is -0.610. The maximum absolute atomic E-state index is 12.6. The molecule has 0 radical (unpaired) electrons. The molecular weight excluding hydrogens is 250 g/mol. The summed E-state index contributed by atoms with van der Waals surface area (Å²) in [5, 5.41) is 3.41. The average molecular weight is 283 g/mol. The lowest BCUT2D eigenvalue weighted by Crippen LogP contribution is -2.60. The smallest absolute Gasteiger partial charge is 0.236 e. The van der Waals surface area contributed by atoms with Gasteiger partial charge in [-0.1, -0.05) is 27.7 Å². The van der Waals surface area contributed by atoms with Crippen molar-refractivity contribution in [3.8, 4) is 0 Å². The molecule has 1 N–H and O–H groups in total. The maximum Gasteiger partial charge on any atom is 0.236 e. The molecule has 1 fully saturated rings. The summed E-state index contributed by atoms with van der Waals surface area (Å²) in [6.07, 6.45) is 0. The Balaban J connectivity index is 2.64. The zero-order valence-corrected chi connectivity index (χ0v) is 14.2. The molecule has 1 aliphatic rings. The van der Waals surface area contributed by atoms with Crippen LogP contribution < -0.4 is 5.32 Å². The normalized spacial score (nSPS) is 19.6. The lowest BCUT2D eigenvalue weighted by Gasteiger charge is -2.43. The van der Waals surface area contributed by atoms with Crippen LogP contribution in [0, 0.1) is 11.8 Å². The first-order chi connectivity index (χ1) is 9.22. The molecule has 0 aliphatic carbocycles. The SMILES string of the molecule is CC(C)CN(CC(C)C)C(=O)CN1CCNCC1(C)C. The molecule has 0 aromatic carbocycles. The molecule has 1 aliphatic heterocycles. The van der Waals surface area contributed by atoms with Crippen molar-refractivity contribution in [1.82, 2.24) is 15.1 Å². The highest BCUT2D eigenvalue weighted by Crippen LogP contribution is 2.16. The highest BCUT2D eigenvalue weighted by atomic mass is 16.2. The average Bonchev–Trinajstić information content (AvgIpc) is 2.29. The van der Waals surface area contributed by atoms with E-state index in [1.54, 1.807) is 0 Å². The third-order valence-electron chi connectivity index (χ3n) is 3.82. The van der Waals surface area contributed by atoms with Crippen molar-refractivity contribution in [3.05, 3.63) is 0 Å². The van der Waals surface area contributed by atoms with E-state index >= 15 is 0 Å². The van der Waals surface area contributed by atoms with Crippen molar-refractivity contribution in [2.75, 3.05) is 39.3 Å². The van der Waals surface area contributed by atoms with E-state index in [1.165, 1.54) is 0 Å². The van der Waals surface area contributed by atoms with E-state index < -0.39 is 0 Å². The van der Waals surface area contributed by atoms with Crippen LogP contribution in [0.4, 0.5) is 0 Å². The number of rotatable bonds is 6. The zero-order valence-electron chi connectivity index (χ0n) is 14.2. The highest BCUT2D eigenvalue weighted by Gasteiger charge is 2.32. The minimum atomic E-state index is 0.0647. The number of hydrogen-bond donors (Lipinski definition) is 1. The standard InChI is InChI=1S/C16H33N3O/c1-13(2)9-18(10-14(3)4)15(20)11-19-8-7-17-12-16(19,5)6/h13-14,17H,7-12H2,1-6H3. The van der Waals surface area contributed by atoms with E-state index in [1.807, 2.05) is 4.90 Å². The second kappa shape index (κ2) is 7.41. The molecule has 1 saturated heterocycles. The van der Waals surface area contributed by atoms with Crippen LogP contribution in [0.15, 0.2) is 0 Å². The van der Waals surface area contributed by atoms with Gasteiger partial charge in [0, 0.05) is 38.3 Å². The molecule has 4 nitrogen and oxygen atoms in total. The van der Waals surface area contributed by atoms with Gasteiger partial charge in [-0.3, -0.25) is 9.69 Å². The molecule has 20 heavy (non-hydrogen) atoms. The molecule has 4 heteroatoms. The van der Waals surface area contributed by atoms with Crippen LogP contribution >= 0.6 is 0 Å². The largest absolute Gasteiger partial charge is 0.341 e. The van der Waals surface area contributed by atoms with Gasteiger partial charge in [0.1, 0.15) is 0 Å². The van der Waals surface area contributed by atoms with Crippen molar-refractivity contribution in [2.45, 2.75) is 47.1 Å². The fourth-order valence-electron chi connectivity index (χ4n) is 2.74. The van der Waals surface area contributed by atoms with Gasteiger partial charge in [-0.2, -0.15) is 0 Å². The third-order valence-corrected chi connectivity index (χ3v) is 3.82. The van der Waals surface area contributed by atoms with E-state index in [2.05, 4.69) is 51.8 Å². The Labute approximate surface area is 124 Å². The third kappa shape index (κ3) is 5.41. The van der Waals surface area contributed by atoms with Crippen molar-refractivity contribution < 1.29 is 4.79 Å². The van der Waals surface area contributed by atoms with Gasteiger partial charge in [0.25, 0.3) is 0 Å². The van der Waals surface area contributed by atoms with Crippen LogP contribution in [0.5, 0.6) is 0 Å². The summed E-state index contributed by atoms with van der Waals surface area (Å²) in [5.74, 6) is 1.32. The van der Waals surface area contributed by atoms with Crippen LogP contribution in [-0.2, 0) is 4.79 Å². The molecule has 0 aromatic rings. The minimum absolute atomic E-state index is 0.0647. The number of carbonyl (C=O) groups is 1. The Bertz CT molecular complexity index is 303. The number of nitrogens with zero attached hydrogens (tertiary/aromatic N) is 2. The molecule has 0 aromatic heterocycles. The van der Waals surface area contributed by atoms with Crippen LogP contribution in [0.3, 0.4) is 0 Å². The Kier molecular flexibility index (Phi) is 6.46. The monoisotopic (exact) mass is 283 g/mol. The van der Waals surface area contributed by atoms with Crippen LogP contribution in [0.2, 0.25) is 0 Å². The Morgan fingerprint density at radius 3 is 2.20 bits per heavy atom. The van der Waals surface area contributed by atoms with Crippen LogP contribution in [-0.4, -0.2) is 60.5 Å². The topological polar surface area (TPSA) is 35.6 Å². The van der Waals surface area contributed by atoms with E-state index in [0.717, 1.165) is 32.7 Å². The predicted molar refractivity (Wildman–Crippen MR) is 84.8 cm³/mol. The quantitative estimate of drug-likeness (QED) is 0.807. The summed E-state index contributed by atoms with van der Waals surface area (Å²) in [6, 6.07) is 0. The molecular formula is C16H33N3O. The fraction of sp³-hybridized carbons (Fsp3) is 0.938. The Morgan fingerprint density at radius 2 is 1.75 bits per heavy atom. The molecule has 1 amide bonds.